The molecule has 3 aliphatic carbocycles. The molecule has 2 saturated carbocycles. The van der Waals surface area contributed by atoms with E-state index in [1.807, 2.05) is 0 Å². The van der Waals surface area contributed by atoms with Crippen LogP contribution in [0, 0.1) is 25.2 Å². The second-order valence-electron chi connectivity index (χ2n) is 8.21. The molecule has 0 aromatic heterocycles. The van der Waals surface area contributed by atoms with Crippen LogP contribution < -0.4 is 0 Å². The summed E-state index contributed by atoms with van der Waals surface area (Å²) in [5.74, 6) is 1.43. The second kappa shape index (κ2) is 11.0. The van der Waals surface area contributed by atoms with Gasteiger partial charge in [-0.05, 0) is 30.8 Å². The van der Waals surface area contributed by atoms with Crippen LogP contribution in [0.2, 0.25) is 19.1 Å². The molecule has 0 amide bonds. The molecule has 0 spiro atoms. The molecule has 0 aromatic rings. The predicted molar refractivity (Wildman–Crippen MR) is 109 cm³/mol. The van der Waals surface area contributed by atoms with E-state index in [1.165, 1.54) is 37.7 Å². The van der Waals surface area contributed by atoms with Crippen molar-refractivity contribution < 1.29 is 21.4 Å². The zero-order chi connectivity index (χ0) is 17.7. The van der Waals surface area contributed by atoms with Crippen LogP contribution in [0.25, 0.3) is 4.98 Å². The molecule has 144 valence electrons. The van der Waals surface area contributed by atoms with Gasteiger partial charge in [0, 0.05) is 5.92 Å². The number of allylic oxidation sites excluding steroid dienone is 4. The molecule has 1 nitrogen and oxygen atoms in total. The second-order valence-corrected chi connectivity index (χ2v) is 15.0. The first kappa shape index (κ1) is 23.9. The monoisotopic (exact) mass is 439 g/mol. The molecule has 2 fully saturated rings. The number of fused-ring (bicyclic) bond motifs is 1. The van der Waals surface area contributed by atoms with E-state index in [0.717, 1.165) is 12.5 Å². The number of halogens is 3. The summed E-state index contributed by atoms with van der Waals surface area (Å²) in [5, 5.41) is 0. The van der Waals surface area contributed by atoms with Crippen molar-refractivity contribution in [2.24, 2.45) is 17.8 Å². The zero-order valence-corrected chi connectivity index (χ0v) is 20.1. The van der Waals surface area contributed by atoms with Gasteiger partial charge in [0.2, 0.25) is 0 Å². The fourth-order valence-electron chi connectivity index (χ4n) is 4.70. The summed E-state index contributed by atoms with van der Waals surface area (Å²) >= 11 is -0.556. The van der Waals surface area contributed by atoms with Gasteiger partial charge in [0.1, 0.15) is 5.83 Å². The minimum absolute atomic E-state index is 0. The first-order chi connectivity index (χ1) is 11.4. The van der Waals surface area contributed by atoms with E-state index in [4.69, 9.17) is 23.6 Å². The van der Waals surface area contributed by atoms with E-state index in [0.29, 0.717) is 17.9 Å². The van der Waals surface area contributed by atoms with Crippen LogP contribution >= 0.6 is 18.6 Å². The summed E-state index contributed by atoms with van der Waals surface area (Å²) < 4.78 is 14.1. The average Bonchev–Trinajstić information content (AvgIpc) is 3.12. The number of hydrogen-bond donors (Lipinski definition) is 0. The van der Waals surface area contributed by atoms with E-state index in [9.17, 15) is 4.39 Å². The number of rotatable bonds is 4. The summed E-state index contributed by atoms with van der Waals surface area (Å²) in [4.78, 5) is 5.24. The SMILES string of the molecule is CC1CC2C(F)=CC=C(C[Si](C)(C)[N-]C3CCCC3)C2C1.[CH3-].[Cl][Ti][Cl]. The number of hydrogen-bond acceptors (Lipinski definition) is 0. The minimum atomic E-state index is -1.55. The Balaban J connectivity index is 0.000000730. The Morgan fingerprint density at radius 2 is 1.72 bits per heavy atom. The third-order valence-corrected chi connectivity index (χ3v) is 7.92. The molecule has 0 saturated heterocycles. The standard InChI is InChI=1S/C18H29FNSi.CH3.2ClH.Ti/c1-13-10-16-14(8-9-18(19)17(16)11-13)12-21(2,3)20-15-6-4-5-7-15;;;;/h8-9,13,15-17H,4-7,10-12H2,1-3H3;1H3;2*1H;/q2*-1;;;+2/p-2. The first-order valence-corrected chi connectivity index (χ1v) is 16.6. The van der Waals surface area contributed by atoms with Crippen LogP contribution in [0.3, 0.4) is 0 Å². The summed E-state index contributed by atoms with van der Waals surface area (Å²) in [6.45, 7) is 7.07. The molecule has 25 heavy (non-hydrogen) atoms. The molecule has 0 aromatic carbocycles. The van der Waals surface area contributed by atoms with E-state index in [-0.39, 0.29) is 19.2 Å². The summed E-state index contributed by atoms with van der Waals surface area (Å²) in [7, 11) is 8.22. The number of nitrogens with zero attached hydrogens (tertiary/aromatic N) is 1. The van der Waals surface area contributed by atoms with Crippen LogP contribution in [-0.4, -0.2) is 14.3 Å². The third-order valence-electron chi connectivity index (χ3n) is 5.58. The van der Waals surface area contributed by atoms with Crippen LogP contribution in [0.4, 0.5) is 4.39 Å². The van der Waals surface area contributed by atoms with Gasteiger partial charge in [0.25, 0.3) is 0 Å². The molecule has 3 unspecified atom stereocenters. The Hall–Kier alpha value is 0.881. The van der Waals surface area contributed by atoms with Gasteiger partial charge in [-0.3, -0.25) is 0 Å². The van der Waals surface area contributed by atoms with Crippen LogP contribution in [0.1, 0.15) is 45.4 Å². The van der Waals surface area contributed by atoms with Gasteiger partial charge in [-0.2, -0.15) is 0 Å². The van der Waals surface area contributed by atoms with Gasteiger partial charge in [0.15, 0.2) is 0 Å². The molecule has 3 atom stereocenters. The molecule has 0 bridgehead atoms. The molecule has 6 heteroatoms. The summed E-state index contributed by atoms with van der Waals surface area (Å²) in [6, 6.07) is 1.77. The van der Waals surface area contributed by atoms with Gasteiger partial charge in [0.05, 0.1) is 0 Å². The molecule has 0 N–H and O–H groups in total. The van der Waals surface area contributed by atoms with Gasteiger partial charge >= 0.3 is 35.6 Å². The fraction of sp³-hybridized carbons (Fsp3) is 0.737. The average molecular weight is 440 g/mol. The van der Waals surface area contributed by atoms with Crippen molar-refractivity contribution in [3.05, 3.63) is 36.0 Å². The molecule has 3 aliphatic rings. The van der Waals surface area contributed by atoms with Gasteiger partial charge < -0.3 is 12.4 Å². The predicted octanol–water partition coefficient (Wildman–Crippen LogP) is 7.79. The quantitative estimate of drug-likeness (QED) is 0.313. The van der Waals surface area contributed by atoms with Gasteiger partial charge in [-0.1, -0.05) is 71.6 Å². The van der Waals surface area contributed by atoms with Crippen LogP contribution in [0.5, 0.6) is 0 Å². The first-order valence-electron chi connectivity index (χ1n) is 9.10. The van der Waals surface area contributed by atoms with Crippen molar-refractivity contribution in [3.8, 4) is 0 Å². The Morgan fingerprint density at radius 1 is 1.16 bits per heavy atom. The summed E-state index contributed by atoms with van der Waals surface area (Å²) in [6.07, 6.45) is 11.4. The molecular weight excluding hydrogens is 408 g/mol. The topological polar surface area (TPSA) is 14.1 Å². The van der Waals surface area contributed by atoms with Crippen LogP contribution in [0.15, 0.2) is 23.6 Å². The van der Waals surface area contributed by atoms with Crippen molar-refractivity contribution in [2.75, 3.05) is 0 Å². The normalized spacial score (nSPS) is 29.0. The van der Waals surface area contributed by atoms with E-state index >= 15 is 0 Å². The van der Waals surface area contributed by atoms with Crippen molar-refractivity contribution >= 4 is 26.8 Å². The maximum atomic E-state index is 14.1. The van der Waals surface area contributed by atoms with Crippen molar-refractivity contribution in [3.63, 3.8) is 0 Å². The van der Waals surface area contributed by atoms with Gasteiger partial charge in [-0.15, -0.1) is 6.04 Å². The van der Waals surface area contributed by atoms with Gasteiger partial charge in [-0.25, -0.2) is 4.39 Å². The Morgan fingerprint density at radius 3 is 2.32 bits per heavy atom. The van der Waals surface area contributed by atoms with E-state index < -0.39 is 25.3 Å². The summed E-state index contributed by atoms with van der Waals surface area (Å²) in [5.41, 5.74) is 1.50. The molecule has 0 heterocycles. The van der Waals surface area contributed by atoms with E-state index in [1.54, 1.807) is 6.08 Å². The Labute approximate surface area is 172 Å². The fourth-order valence-corrected chi connectivity index (χ4v) is 7.42. The molecule has 3 rings (SSSR count). The molecular formula is C19H32Cl2FNSiTi-2. The Kier molecular flexibility index (Phi) is 10.5. The maximum absolute atomic E-state index is 14.1. The Bertz CT molecular complexity index is 478. The van der Waals surface area contributed by atoms with Crippen molar-refractivity contribution in [1.29, 1.82) is 0 Å². The third kappa shape index (κ3) is 7.08. The van der Waals surface area contributed by atoms with Crippen LogP contribution in [-0.2, 0) is 17.0 Å². The van der Waals surface area contributed by atoms with Crippen molar-refractivity contribution in [1.82, 2.24) is 0 Å². The van der Waals surface area contributed by atoms with E-state index in [2.05, 4.69) is 26.1 Å². The van der Waals surface area contributed by atoms with Crippen molar-refractivity contribution in [2.45, 2.75) is 70.6 Å². The zero-order valence-electron chi connectivity index (χ0n) is 16.0. The molecule has 0 radical (unpaired) electrons. The molecule has 0 aliphatic heterocycles.